The fourth-order valence-electron chi connectivity index (χ4n) is 6.42. The molecule has 0 bridgehead atoms. The Morgan fingerprint density at radius 2 is 2.00 bits per heavy atom. The van der Waals surface area contributed by atoms with E-state index in [2.05, 4.69) is 39.2 Å². The van der Waals surface area contributed by atoms with Crippen LogP contribution < -0.4 is 0 Å². The summed E-state index contributed by atoms with van der Waals surface area (Å²) in [4.78, 5) is 11.8. The quantitative estimate of drug-likeness (QED) is 0.645. The lowest BCUT2D eigenvalue weighted by atomic mass is 9.47. The monoisotopic (exact) mass is 319 g/mol. The molecule has 0 heterocycles. The second-order valence-corrected chi connectivity index (χ2v) is 8.63. The van der Waals surface area contributed by atoms with Gasteiger partial charge in [0.1, 0.15) is 0 Å². The lowest BCUT2D eigenvalue weighted by molar-refractivity contribution is -0.111. The summed E-state index contributed by atoms with van der Waals surface area (Å²) in [5.74, 6) is 1.46. The molecule has 4 rings (SSSR count). The summed E-state index contributed by atoms with van der Waals surface area (Å²) in [6, 6.07) is 2.52. The first-order valence-corrected chi connectivity index (χ1v) is 9.05. The summed E-state index contributed by atoms with van der Waals surface area (Å²) >= 11 is 0. The van der Waals surface area contributed by atoms with Gasteiger partial charge in [0.2, 0.25) is 0 Å². The van der Waals surface area contributed by atoms with Gasteiger partial charge in [0.25, 0.3) is 0 Å². The maximum absolute atomic E-state index is 11.8. The number of ketones is 1. The fourth-order valence-corrected chi connectivity index (χ4v) is 6.42. The molecule has 124 valence electrons. The summed E-state index contributed by atoms with van der Waals surface area (Å²) in [5.41, 5.74) is 3.36. The largest absolute Gasteiger partial charge is 0.290 e. The Bertz CT molecular complexity index is 763. The summed E-state index contributed by atoms with van der Waals surface area (Å²) in [5, 5.41) is 9.71. The van der Waals surface area contributed by atoms with Crippen LogP contribution in [0.4, 0.5) is 0 Å². The van der Waals surface area contributed by atoms with E-state index in [1.807, 2.05) is 6.08 Å². The molecular formula is C22H25NO. The molecule has 0 aliphatic heterocycles. The highest BCUT2D eigenvalue weighted by Gasteiger charge is 2.61. The van der Waals surface area contributed by atoms with Crippen molar-refractivity contribution in [1.29, 1.82) is 5.26 Å². The van der Waals surface area contributed by atoms with Gasteiger partial charge < -0.3 is 0 Å². The van der Waals surface area contributed by atoms with Gasteiger partial charge in [-0.15, -0.1) is 0 Å². The number of fused-ring (bicyclic) bond motifs is 5. The maximum atomic E-state index is 11.8. The molecular weight excluding hydrogens is 294 g/mol. The van der Waals surface area contributed by atoms with Crippen molar-refractivity contribution in [2.24, 2.45) is 34.5 Å². The minimum atomic E-state index is -0.0934. The minimum absolute atomic E-state index is 0.00942. The van der Waals surface area contributed by atoms with Crippen LogP contribution in [-0.2, 0) is 4.79 Å². The second-order valence-electron chi connectivity index (χ2n) is 8.63. The smallest absolute Gasteiger partial charge is 0.178 e. The van der Waals surface area contributed by atoms with Crippen LogP contribution in [0, 0.1) is 45.8 Å². The lowest BCUT2D eigenvalue weighted by Gasteiger charge is -2.56. The van der Waals surface area contributed by atoms with Crippen LogP contribution in [0.2, 0.25) is 0 Å². The van der Waals surface area contributed by atoms with Crippen LogP contribution in [0.25, 0.3) is 0 Å². The van der Waals surface area contributed by atoms with Crippen molar-refractivity contribution in [1.82, 2.24) is 0 Å². The van der Waals surface area contributed by atoms with Crippen LogP contribution >= 0.6 is 0 Å². The van der Waals surface area contributed by atoms with E-state index in [4.69, 9.17) is 0 Å². The highest BCUT2D eigenvalue weighted by atomic mass is 16.1. The number of rotatable bonds is 0. The molecule has 0 unspecified atom stereocenters. The van der Waals surface area contributed by atoms with Crippen LogP contribution in [-0.4, -0.2) is 5.78 Å². The molecule has 0 saturated heterocycles. The van der Waals surface area contributed by atoms with Gasteiger partial charge in [-0.3, -0.25) is 4.79 Å². The third kappa shape index (κ3) is 1.73. The number of nitrogens with zero attached hydrogens (tertiary/aromatic N) is 1. The average molecular weight is 319 g/mol. The van der Waals surface area contributed by atoms with Crippen molar-refractivity contribution in [2.45, 2.75) is 39.5 Å². The Kier molecular flexibility index (Phi) is 3.14. The van der Waals surface area contributed by atoms with E-state index in [9.17, 15) is 10.1 Å². The zero-order valence-electron chi connectivity index (χ0n) is 14.6. The van der Waals surface area contributed by atoms with Crippen molar-refractivity contribution in [3.8, 4) is 6.07 Å². The number of hydrogen-bond acceptors (Lipinski definition) is 2. The van der Waals surface area contributed by atoms with Crippen LogP contribution in [0.3, 0.4) is 0 Å². The molecule has 3 saturated carbocycles. The van der Waals surface area contributed by atoms with Gasteiger partial charge in [-0.1, -0.05) is 38.7 Å². The van der Waals surface area contributed by atoms with Crippen molar-refractivity contribution < 1.29 is 4.79 Å². The van der Waals surface area contributed by atoms with E-state index in [0.29, 0.717) is 17.8 Å². The fraction of sp³-hybridized carbons (Fsp3) is 0.545. The molecule has 0 spiro atoms. The third-order valence-corrected chi connectivity index (χ3v) is 7.69. The summed E-state index contributed by atoms with van der Waals surface area (Å²) in [6.45, 7) is 13.1. The first-order chi connectivity index (χ1) is 11.3. The zero-order chi connectivity index (χ0) is 17.3. The van der Waals surface area contributed by atoms with Gasteiger partial charge in [0.15, 0.2) is 5.78 Å². The van der Waals surface area contributed by atoms with Crippen molar-refractivity contribution >= 4 is 5.78 Å². The van der Waals surface area contributed by atoms with Gasteiger partial charge in [-0.05, 0) is 72.2 Å². The normalized spacial score (nSPS) is 46.7. The number of hydrogen-bond donors (Lipinski definition) is 0. The standard InChI is InChI=1S/C22H25NO/c1-13-14(2)20-17-6-5-15-11-16(24)7-9-21(15,3)18(17)8-10-22(20,4)19(13)12-23/h7,9,11,17-20H,1-2,5-6,8,10H2,3-4H3/t17-,18+,19+,20+,21+,22-/m1/s1. The molecule has 0 aromatic carbocycles. The van der Waals surface area contributed by atoms with E-state index in [-0.39, 0.29) is 22.5 Å². The van der Waals surface area contributed by atoms with Gasteiger partial charge >= 0.3 is 0 Å². The second kappa shape index (κ2) is 4.82. The predicted molar refractivity (Wildman–Crippen MR) is 94.8 cm³/mol. The molecule has 24 heavy (non-hydrogen) atoms. The number of nitriles is 1. The average Bonchev–Trinajstić information content (AvgIpc) is 2.74. The van der Waals surface area contributed by atoms with E-state index >= 15 is 0 Å². The van der Waals surface area contributed by atoms with E-state index < -0.39 is 0 Å². The van der Waals surface area contributed by atoms with Crippen LogP contribution in [0.5, 0.6) is 0 Å². The van der Waals surface area contributed by atoms with Gasteiger partial charge in [0, 0.05) is 5.41 Å². The Balaban J connectivity index is 1.77. The number of carbonyl (C=O) groups is 1. The maximum Gasteiger partial charge on any atom is 0.178 e. The minimum Gasteiger partial charge on any atom is -0.290 e. The molecule has 2 heteroatoms. The topological polar surface area (TPSA) is 40.9 Å². The highest BCUT2D eigenvalue weighted by molar-refractivity contribution is 6.01. The molecule has 0 amide bonds. The Morgan fingerprint density at radius 3 is 2.71 bits per heavy atom. The summed E-state index contributed by atoms with van der Waals surface area (Å²) in [7, 11) is 0. The van der Waals surface area contributed by atoms with E-state index in [1.54, 1.807) is 6.08 Å². The predicted octanol–water partition coefficient (Wildman–Crippen LogP) is 4.77. The summed E-state index contributed by atoms with van der Waals surface area (Å²) in [6.07, 6.45) is 10.0. The molecule has 2 nitrogen and oxygen atoms in total. The Morgan fingerprint density at radius 1 is 1.25 bits per heavy atom. The first-order valence-electron chi connectivity index (χ1n) is 9.05. The number of allylic oxidation sites excluding steroid dienone is 6. The molecule has 4 aliphatic carbocycles. The van der Waals surface area contributed by atoms with E-state index in [1.165, 1.54) is 5.57 Å². The van der Waals surface area contributed by atoms with Crippen molar-refractivity contribution in [3.63, 3.8) is 0 Å². The van der Waals surface area contributed by atoms with Crippen LogP contribution in [0.15, 0.2) is 48.1 Å². The lowest BCUT2D eigenvalue weighted by Crippen LogP contribution is -2.49. The highest BCUT2D eigenvalue weighted by Crippen LogP contribution is 2.67. The SMILES string of the molecule is C=C1C(=C)[C@H]2[C@@H]3CCC4=CC(=O)C=C[C@]4(C)[C@H]3CC[C@]2(C)[C@H]1C#N. The molecule has 0 aromatic heterocycles. The van der Waals surface area contributed by atoms with E-state index in [0.717, 1.165) is 36.8 Å². The zero-order valence-corrected chi connectivity index (χ0v) is 14.6. The van der Waals surface area contributed by atoms with Crippen molar-refractivity contribution in [2.75, 3.05) is 0 Å². The molecule has 3 fully saturated rings. The Labute approximate surface area is 144 Å². The Hall–Kier alpha value is -1.88. The molecule has 0 N–H and O–H groups in total. The number of carbonyl (C=O) groups excluding carboxylic acids is 1. The molecule has 4 aliphatic rings. The third-order valence-electron chi connectivity index (χ3n) is 7.69. The molecule has 0 aromatic rings. The van der Waals surface area contributed by atoms with Crippen LogP contribution in [0.1, 0.15) is 39.5 Å². The van der Waals surface area contributed by atoms with Gasteiger partial charge in [0.05, 0.1) is 12.0 Å². The molecule has 6 atom stereocenters. The van der Waals surface area contributed by atoms with Gasteiger partial charge in [-0.25, -0.2) is 0 Å². The summed E-state index contributed by atoms with van der Waals surface area (Å²) < 4.78 is 0. The van der Waals surface area contributed by atoms with Gasteiger partial charge in [-0.2, -0.15) is 5.26 Å². The molecule has 0 radical (unpaired) electrons. The van der Waals surface area contributed by atoms with Crippen molar-refractivity contribution in [3.05, 3.63) is 48.1 Å². The first kappa shape index (κ1) is 15.6.